The number of amides is 1. The molecule has 0 unspecified atom stereocenters. The molecule has 1 aromatic carbocycles. The lowest BCUT2D eigenvalue weighted by Crippen LogP contribution is -2.14. The Balaban J connectivity index is 1.65. The number of hydrogen-bond donors (Lipinski definition) is 1. The van der Waals surface area contributed by atoms with Gasteiger partial charge in [-0.25, -0.2) is 4.98 Å². The Morgan fingerprint density at radius 1 is 0.885 bits per heavy atom. The largest absolute Gasteiger partial charge is 0.324 e. The van der Waals surface area contributed by atoms with Crippen LogP contribution >= 0.6 is 0 Å². The van der Waals surface area contributed by atoms with Gasteiger partial charge in [-0.1, -0.05) is 24.3 Å². The fourth-order valence-corrected chi connectivity index (χ4v) is 2.84. The predicted octanol–water partition coefficient (Wildman–Crippen LogP) is 3.87. The normalized spacial score (nSPS) is 10.6. The maximum Gasteiger partial charge on any atom is 0.228 e. The van der Waals surface area contributed by atoms with E-state index in [0.29, 0.717) is 5.69 Å². The van der Waals surface area contributed by atoms with Gasteiger partial charge in [-0.2, -0.15) is 0 Å². The van der Waals surface area contributed by atoms with Crippen molar-refractivity contribution in [3.8, 4) is 11.3 Å². The Morgan fingerprint density at radius 2 is 1.73 bits per heavy atom. The summed E-state index contributed by atoms with van der Waals surface area (Å²) in [6, 6.07) is 17.3. The van der Waals surface area contributed by atoms with Gasteiger partial charge in [0.05, 0.1) is 29.5 Å². The molecule has 3 aromatic heterocycles. The quantitative estimate of drug-likeness (QED) is 0.612. The van der Waals surface area contributed by atoms with Gasteiger partial charge >= 0.3 is 0 Å². The number of nitrogens with one attached hydrogen (secondary N) is 1. The highest BCUT2D eigenvalue weighted by molar-refractivity contribution is 5.95. The monoisotopic (exact) mass is 340 g/mol. The second-order valence-corrected chi connectivity index (χ2v) is 5.89. The van der Waals surface area contributed by atoms with Crippen LogP contribution in [0, 0.1) is 0 Å². The third kappa shape index (κ3) is 3.42. The Bertz CT molecular complexity index is 1050. The fourth-order valence-electron chi connectivity index (χ4n) is 2.84. The maximum atomic E-state index is 12.4. The third-order valence-electron chi connectivity index (χ3n) is 4.06. The Labute approximate surface area is 150 Å². The molecule has 4 rings (SSSR count). The standard InChI is InChI=1S/C21H16N4O/c26-20(24-18-7-3-11-23-14-18)12-16-5-1-4-15-8-9-19(25-21(15)16)17-6-2-10-22-13-17/h1-11,13-14H,12H2,(H,24,26). The minimum atomic E-state index is -0.0981. The second kappa shape index (κ2) is 7.11. The number of fused-ring (bicyclic) bond motifs is 1. The van der Waals surface area contributed by atoms with Crippen molar-refractivity contribution in [3.63, 3.8) is 0 Å². The topological polar surface area (TPSA) is 67.8 Å². The van der Waals surface area contributed by atoms with Crippen LogP contribution in [0.25, 0.3) is 22.2 Å². The van der Waals surface area contributed by atoms with Crippen LogP contribution in [0.2, 0.25) is 0 Å². The van der Waals surface area contributed by atoms with Gasteiger partial charge in [-0.05, 0) is 35.9 Å². The van der Waals surface area contributed by atoms with Crippen molar-refractivity contribution < 1.29 is 4.79 Å². The maximum absolute atomic E-state index is 12.4. The van der Waals surface area contributed by atoms with Crippen molar-refractivity contribution in [2.45, 2.75) is 6.42 Å². The number of carbonyl (C=O) groups excluding carboxylic acids is 1. The van der Waals surface area contributed by atoms with Gasteiger partial charge in [-0.15, -0.1) is 0 Å². The minimum absolute atomic E-state index is 0.0981. The molecule has 26 heavy (non-hydrogen) atoms. The molecule has 5 nitrogen and oxygen atoms in total. The first-order chi connectivity index (χ1) is 12.8. The van der Waals surface area contributed by atoms with E-state index in [0.717, 1.165) is 27.7 Å². The molecular formula is C21H16N4O. The molecule has 0 aliphatic carbocycles. The van der Waals surface area contributed by atoms with Gasteiger partial charge in [0, 0.05) is 29.5 Å². The molecule has 3 heterocycles. The zero-order chi connectivity index (χ0) is 17.8. The van der Waals surface area contributed by atoms with Crippen molar-refractivity contribution in [1.29, 1.82) is 0 Å². The molecule has 1 N–H and O–H groups in total. The van der Waals surface area contributed by atoms with E-state index >= 15 is 0 Å². The predicted molar refractivity (Wildman–Crippen MR) is 102 cm³/mol. The van der Waals surface area contributed by atoms with Crippen molar-refractivity contribution in [1.82, 2.24) is 15.0 Å². The number of rotatable bonds is 4. The van der Waals surface area contributed by atoms with Crippen molar-refractivity contribution >= 4 is 22.5 Å². The smallest absolute Gasteiger partial charge is 0.228 e. The van der Waals surface area contributed by atoms with Crippen LogP contribution in [-0.2, 0) is 11.2 Å². The van der Waals surface area contributed by atoms with Crippen LogP contribution in [-0.4, -0.2) is 20.9 Å². The number of aromatic nitrogens is 3. The van der Waals surface area contributed by atoms with Gasteiger partial charge in [0.2, 0.25) is 5.91 Å². The van der Waals surface area contributed by atoms with E-state index in [4.69, 9.17) is 4.98 Å². The molecule has 0 saturated heterocycles. The summed E-state index contributed by atoms with van der Waals surface area (Å²) in [4.78, 5) is 25.3. The molecule has 126 valence electrons. The summed E-state index contributed by atoms with van der Waals surface area (Å²) in [7, 11) is 0. The van der Waals surface area contributed by atoms with Crippen LogP contribution in [0.3, 0.4) is 0 Å². The van der Waals surface area contributed by atoms with E-state index < -0.39 is 0 Å². The van der Waals surface area contributed by atoms with Gasteiger partial charge in [0.1, 0.15) is 0 Å². The average Bonchev–Trinajstić information content (AvgIpc) is 2.69. The molecule has 5 heteroatoms. The lowest BCUT2D eigenvalue weighted by Gasteiger charge is -2.09. The summed E-state index contributed by atoms with van der Waals surface area (Å²) >= 11 is 0. The molecule has 0 atom stereocenters. The van der Waals surface area contributed by atoms with Crippen LogP contribution < -0.4 is 5.32 Å². The van der Waals surface area contributed by atoms with Crippen LogP contribution in [0.1, 0.15) is 5.56 Å². The van der Waals surface area contributed by atoms with Gasteiger partial charge in [-0.3, -0.25) is 14.8 Å². The van der Waals surface area contributed by atoms with E-state index in [2.05, 4.69) is 15.3 Å². The van der Waals surface area contributed by atoms with Gasteiger partial charge in [0.15, 0.2) is 0 Å². The molecular weight excluding hydrogens is 324 g/mol. The number of benzene rings is 1. The number of carbonyl (C=O) groups is 1. The zero-order valence-corrected chi connectivity index (χ0v) is 14.0. The lowest BCUT2D eigenvalue weighted by atomic mass is 10.0. The summed E-state index contributed by atoms with van der Waals surface area (Å²) in [5.74, 6) is -0.0981. The average molecular weight is 340 g/mol. The first kappa shape index (κ1) is 15.9. The van der Waals surface area contributed by atoms with Crippen LogP contribution in [0.15, 0.2) is 79.4 Å². The lowest BCUT2D eigenvalue weighted by molar-refractivity contribution is -0.115. The molecule has 0 spiro atoms. The highest BCUT2D eigenvalue weighted by atomic mass is 16.1. The van der Waals surface area contributed by atoms with Crippen molar-refractivity contribution in [3.05, 3.63) is 84.9 Å². The first-order valence-corrected chi connectivity index (χ1v) is 8.28. The SMILES string of the molecule is O=C(Cc1cccc2ccc(-c3cccnc3)nc12)Nc1cccnc1. The Hall–Kier alpha value is -3.60. The molecule has 0 aliphatic heterocycles. The fraction of sp³-hybridized carbons (Fsp3) is 0.0476. The van der Waals surface area contributed by atoms with E-state index in [-0.39, 0.29) is 12.3 Å². The van der Waals surface area contributed by atoms with Gasteiger partial charge < -0.3 is 5.32 Å². The number of anilines is 1. The zero-order valence-electron chi connectivity index (χ0n) is 14.0. The summed E-state index contributed by atoms with van der Waals surface area (Å²) in [6.07, 6.45) is 7.06. The van der Waals surface area contributed by atoms with Gasteiger partial charge in [0.25, 0.3) is 0 Å². The van der Waals surface area contributed by atoms with E-state index in [9.17, 15) is 4.79 Å². The van der Waals surface area contributed by atoms with Crippen molar-refractivity contribution in [2.24, 2.45) is 0 Å². The summed E-state index contributed by atoms with van der Waals surface area (Å²) in [5, 5.41) is 3.87. The molecule has 4 aromatic rings. The molecule has 0 fully saturated rings. The number of nitrogens with zero attached hydrogens (tertiary/aromatic N) is 3. The van der Waals surface area contributed by atoms with Crippen LogP contribution in [0.5, 0.6) is 0 Å². The minimum Gasteiger partial charge on any atom is -0.324 e. The molecule has 1 amide bonds. The molecule has 0 radical (unpaired) electrons. The highest BCUT2D eigenvalue weighted by Crippen LogP contribution is 2.23. The highest BCUT2D eigenvalue weighted by Gasteiger charge is 2.10. The first-order valence-electron chi connectivity index (χ1n) is 8.28. The Kier molecular flexibility index (Phi) is 4.35. The number of pyridine rings is 3. The summed E-state index contributed by atoms with van der Waals surface area (Å²) in [6.45, 7) is 0. The summed E-state index contributed by atoms with van der Waals surface area (Å²) < 4.78 is 0. The van der Waals surface area contributed by atoms with Crippen LogP contribution in [0.4, 0.5) is 5.69 Å². The van der Waals surface area contributed by atoms with E-state index in [1.807, 2.05) is 48.5 Å². The third-order valence-corrected chi connectivity index (χ3v) is 4.06. The number of para-hydroxylation sites is 1. The molecule has 0 saturated carbocycles. The molecule has 0 bridgehead atoms. The second-order valence-electron chi connectivity index (χ2n) is 5.89. The summed E-state index contributed by atoms with van der Waals surface area (Å²) in [5.41, 5.74) is 4.18. The van der Waals surface area contributed by atoms with E-state index in [1.165, 1.54) is 0 Å². The van der Waals surface area contributed by atoms with Crippen molar-refractivity contribution in [2.75, 3.05) is 5.32 Å². The number of hydrogen-bond acceptors (Lipinski definition) is 4. The Morgan fingerprint density at radius 3 is 2.50 bits per heavy atom. The molecule has 0 aliphatic rings. The van der Waals surface area contributed by atoms with E-state index in [1.54, 1.807) is 30.9 Å².